The Morgan fingerprint density at radius 1 is 1.32 bits per heavy atom. The number of amides is 1. The number of aliphatic imine (C=N–C) groups is 1. The highest BCUT2D eigenvalue weighted by Gasteiger charge is 2.50. The largest absolute Gasteiger partial charge is 0.401 e. The van der Waals surface area contributed by atoms with E-state index >= 15 is 0 Å². The van der Waals surface area contributed by atoms with E-state index in [2.05, 4.69) is 10.3 Å². The summed E-state index contributed by atoms with van der Waals surface area (Å²) in [4.78, 5) is 13.9. The summed E-state index contributed by atoms with van der Waals surface area (Å²) in [5.41, 5.74) is 13.1. The summed E-state index contributed by atoms with van der Waals surface area (Å²) in [7, 11) is -1.52. The maximum atomic E-state index is 12.5. The Morgan fingerprint density at radius 3 is 2.38 bits per heavy atom. The van der Waals surface area contributed by atoms with Gasteiger partial charge in [0.15, 0.2) is 9.84 Å². The molecule has 2 aliphatic rings. The van der Waals surface area contributed by atoms with Crippen LogP contribution in [0.2, 0.25) is 5.02 Å². The van der Waals surface area contributed by atoms with E-state index in [1.165, 1.54) is 18.2 Å². The Bertz CT molecular complexity index is 1050. The van der Waals surface area contributed by atoms with Gasteiger partial charge < -0.3 is 21.9 Å². The molecule has 2 aliphatic carbocycles. The van der Waals surface area contributed by atoms with Gasteiger partial charge in [0.05, 0.1) is 16.4 Å². The van der Waals surface area contributed by atoms with Gasteiger partial charge in [-0.05, 0) is 68.6 Å². The maximum Gasteiger partial charge on any atom is 0.211 e. The number of halogens is 2. The fourth-order valence-electron chi connectivity index (χ4n) is 4.93. The van der Waals surface area contributed by atoms with Gasteiger partial charge in [-0.1, -0.05) is 18.5 Å². The zero-order valence-electron chi connectivity index (χ0n) is 19.7. The number of carbonyl (C=O) groups excluding carboxylic acids is 1. The second-order valence-electron chi connectivity index (χ2n) is 9.08. The zero-order valence-corrected chi connectivity index (χ0v) is 21.3. The lowest BCUT2D eigenvalue weighted by molar-refractivity contribution is -0.105. The smallest absolute Gasteiger partial charge is 0.211 e. The molecule has 2 fully saturated rings. The van der Waals surface area contributed by atoms with Gasteiger partial charge in [0.25, 0.3) is 0 Å². The van der Waals surface area contributed by atoms with E-state index < -0.39 is 21.3 Å². The predicted molar refractivity (Wildman–Crippen MR) is 134 cm³/mol. The number of anilines is 1. The van der Waals surface area contributed by atoms with Crippen LogP contribution in [0.4, 0.5) is 10.1 Å². The van der Waals surface area contributed by atoms with Crippen LogP contribution < -0.4 is 16.8 Å². The minimum Gasteiger partial charge on any atom is -0.401 e. The highest BCUT2D eigenvalue weighted by atomic mass is 35.5. The molecule has 0 spiro atoms. The molecule has 2 atom stereocenters. The molecule has 0 radical (unpaired) electrons. The summed E-state index contributed by atoms with van der Waals surface area (Å²) in [6.45, 7) is 3.51. The van der Waals surface area contributed by atoms with Crippen LogP contribution in [0.3, 0.4) is 0 Å². The van der Waals surface area contributed by atoms with Gasteiger partial charge in [0.1, 0.15) is 11.7 Å². The van der Waals surface area contributed by atoms with Crippen LogP contribution in [0.5, 0.6) is 0 Å². The molecule has 6 N–H and O–H groups in total. The van der Waals surface area contributed by atoms with Crippen molar-refractivity contribution >= 4 is 39.4 Å². The highest BCUT2D eigenvalue weighted by molar-refractivity contribution is 7.91. The van der Waals surface area contributed by atoms with Crippen molar-refractivity contribution in [2.45, 2.75) is 45.1 Å². The van der Waals surface area contributed by atoms with Gasteiger partial charge >= 0.3 is 0 Å². The molecule has 0 bridgehead atoms. The second-order valence-corrected chi connectivity index (χ2v) is 11.8. The van der Waals surface area contributed by atoms with Crippen molar-refractivity contribution in [3.05, 3.63) is 40.3 Å². The molecule has 11 heteroatoms. The number of fused-ring (bicyclic) bond motifs is 1. The number of benzene rings is 1. The Hall–Kier alpha value is -2.17. The van der Waals surface area contributed by atoms with Crippen molar-refractivity contribution in [3.63, 3.8) is 0 Å². The van der Waals surface area contributed by atoms with Crippen LogP contribution in [-0.4, -0.2) is 49.9 Å². The molecular formula is C23H34ClFN4O4S. The van der Waals surface area contributed by atoms with Gasteiger partial charge in [-0.2, -0.15) is 0 Å². The number of amidine groups is 1. The van der Waals surface area contributed by atoms with Crippen LogP contribution in [0.1, 0.15) is 39.5 Å². The molecule has 3 rings (SSSR count). The molecule has 1 amide bonds. The first kappa shape index (κ1) is 28.1. The quantitative estimate of drug-likeness (QED) is 0.249. The van der Waals surface area contributed by atoms with E-state index in [0.717, 1.165) is 24.1 Å². The van der Waals surface area contributed by atoms with Crippen molar-refractivity contribution in [1.82, 2.24) is 0 Å². The molecule has 2 unspecified atom stereocenters. The van der Waals surface area contributed by atoms with Crippen LogP contribution in [0, 0.1) is 23.6 Å². The number of hydrogen-bond acceptors (Lipinski definition) is 6. The normalized spacial score (nSPS) is 27.4. The van der Waals surface area contributed by atoms with E-state index in [1.807, 2.05) is 6.92 Å². The number of sulfone groups is 1. The fourth-order valence-corrected chi connectivity index (χ4v) is 6.37. The zero-order chi connectivity index (χ0) is 25.7. The number of hydrogen-bond donors (Lipinski definition) is 4. The van der Waals surface area contributed by atoms with E-state index in [4.69, 9.17) is 23.1 Å². The first-order valence-electron chi connectivity index (χ1n) is 11.1. The van der Waals surface area contributed by atoms with Crippen molar-refractivity contribution < 1.29 is 22.7 Å². The second kappa shape index (κ2) is 11.5. The Labute approximate surface area is 205 Å². The third-order valence-electron chi connectivity index (χ3n) is 6.70. The molecule has 34 heavy (non-hydrogen) atoms. The van der Waals surface area contributed by atoms with Gasteiger partial charge in [0.2, 0.25) is 6.41 Å². The molecule has 0 aromatic heterocycles. The number of nitrogens with zero attached hydrogens (tertiary/aromatic N) is 1. The molecule has 1 aromatic rings. The lowest BCUT2D eigenvalue weighted by Crippen LogP contribution is -2.36. The van der Waals surface area contributed by atoms with E-state index in [0.29, 0.717) is 42.6 Å². The Kier molecular flexibility index (Phi) is 9.50. The molecule has 2 saturated carbocycles. The minimum atomic E-state index is -3.17. The third kappa shape index (κ3) is 7.16. The summed E-state index contributed by atoms with van der Waals surface area (Å²) >= 11 is 5.42. The standard InChI is InChI=1S/C16H29N3O3S.C7H5ClFNO/c1-4-23(21,22)9-16(20)7-12-5-11(6-13(12)8-16)14(17)10(2)15(18)19-3;8-6-3-5(10-4-11)1-2-7(6)9/h11-13,20H,4-9,17H2,1-3H3,(H2,18,19);1-4H,(H,10,11)/b14-10-;. The highest BCUT2D eigenvalue weighted by Crippen LogP contribution is 2.52. The van der Waals surface area contributed by atoms with Crippen LogP contribution >= 0.6 is 11.6 Å². The first-order valence-corrected chi connectivity index (χ1v) is 13.3. The average molecular weight is 517 g/mol. The van der Waals surface area contributed by atoms with Crippen LogP contribution in [0.25, 0.3) is 0 Å². The van der Waals surface area contributed by atoms with Crippen molar-refractivity contribution in [2.75, 3.05) is 23.9 Å². The van der Waals surface area contributed by atoms with Crippen molar-refractivity contribution in [1.29, 1.82) is 0 Å². The minimum absolute atomic E-state index is 0.00292. The summed E-state index contributed by atoms with van der Waals surface area (Å²) in [6, 6.07) is 3.95. The fraction of sp³-hybridized carbons (Fsp3) is 0.565. The SMILES string of the molecule is CCS(=O)(=O)CC1(O)CC2CC(/C(N)=C(\C)C(N)=NC)CC2C1.O=CNc1ccc(F)c(Cl)c1. The predicted octanol–water partition coefficient (Wildman–Crippen LogP) is 2.86. The molecule has 0 saturated heterocycles. The molecular weight excluding hydrogens is 483 g/mol. The number of rotatable bonds is 7. The first-order chi connectivity index (χ1) is 15.8. The lowest BCUT2D eigenvalue weighted by atomic mass is 9.92. The van der Waals surface area contributed by atoms with Gasteiger partial charge in [-0.3, -0.25) is 9.79 Å². The number of allylic oxidation sites excluding steroid dienone is 1. The summed E-state index contributed by atoms with van der Waals surface area (Å²) < 4.78 is 36.2. The Balaban J connectivity index is 0.000000310. The Morgan fingerprint density at radius 2 is 1.91 bits per heavy atom. The van der Waals surface area contributed by atoms with Crippen LogP contribution in [0.15, 0.2) is 34.5 Å². The third-order valence-corrected chi connectivity index (χ3v) is 8.84. The lowest BCUT2D eigenvalue weighted by Gasteiger charge is -2.24. The average Bonchev–Trinajstić information content (AvgIpc) is 3.29. The topological polar surface area (TPSA) is 148 Å². The molecule has 0 aliphatic heterocycles. The van der Waals surface area contributed by atoms with E-state index in [1.54, 1.807) is 14.0 Å². The van der Waals surface area contributed by atoms with Crippen molar-refractivity contribution in [2.24, 2.45) is 34.2 Å². The van der Waals surface area contributed by atoms with E-state index in [-0.39, 0.29) is 22.4 Å². The molecule has 190 valence electrons. The number of nitrogens with one attached hydrogen (secondary N) is 1. The molecule has 0 heterocycles. The number of nitrogens with two attached hydrogens (primary N) is 2. The molecule has 8 nitrogen and oxygen atoms in total. The summed E-state index contributed by atoms with van der Waals surface area (Å²) in [5, 5.41) is 13.0. The summed E-state index contributed by atoms with van der Waals surface area (Å²) in [5.74, 6) is 0.850. The van der Waals surface area contributed by atoms with Crippen molar-refractivity contribution in [3.8, 4) is 0 Å². The number of carbonyl (C=O) groups is 1. The van der Waals surface area contributed by atoms with Gasteiger partial charge in [0, 0.05) is 29.8 Å². The van der Waals surface area contributed by atoms with Gasteiger partial charge in [-0.25, -0.2) is 12.8 Å². The van der Waals surface area contributed by atoms with Crippen LogP contribution in [-0.2, 0) is 14.6 Å². The summed E-state index contributed by atoms with van der Waals surface area (Å²) in [6.07, 6.45) is 3.39. The monoisotopic (exact) mass is 516 g/mol. The van der Waals surface area contributed by atoms with E-state index in [9.17, 15) is 22.7 Å². The van der Waals surface area contributed by atoms with Gasteiger partial charge in [-0.15, -0.1) is 0 Å². The number of aliphatic hydroxyl groups is 1. The molecule has 1 aromatic carbocycles. The maximum absolute atomic E-state index is 12.5.